The first-order chi connectivity index (χ1) is 9.86. The molecule has 1 atom stereocenters. The second-order valence-corrected chi connectivity index (χ2v) is 6.11. The zero-order valence-corrected chi connectivity index (χ0v) is 13.0. The van der Waals surface area contributed by atoms with Crippen LogP contribution in [0.2, 0.25) is 10.0 Å². The number of anilines is 1. The zero-order valence-electron chi connectivity index (χ0n) is 11.5. The molecule has 2 amide bonds. The molecule has 114 valence electrons. The van der Waals surface area contributed by atoms with Gasteiger partial charge in [0.2, 0.25) is 0 Å². The van der Waals surface area contributed by atoms with E-state index >= 15 is 0 Å². The molecule has 5 nitrogen and oxygen atoms in total. The number of benzene rings is 1. The van der Waals surface area contributed by atoms with Gasteiger partial charge in [-0.2, -0.15) is 0 Å². The first-order valence-corrected chi connectivity index (χ1v) is 7.42. The number of aromatic carboxylic acids is 1. The number of carbonyl (C=O) groups is 2. The Morgan fingerprint density at radius 2 is 1.90 bits per heavy atom. The first-order valence-electron chi connectivity index (χ1n) is 6.66. The lowest BCUT2D eigenvalue weighted by atomic mass is 10.1. The van der Waals surface area contributed by atoms with Crippen LogP contribution in [0.15, 0.2) is 12.1 Å². The number of halogens is 2. The van der Waals surface area contributed by atoms with E-state index in [4.69, 9.17) is 28.3 Å². The quantitative estimate of drug-likeness (QED) is 0.763. The Hall–Kier alpha value is -1.46. The van der Waals surface area contributed by atoms with E-state index in [9.17, 15) is 9.59 Å². The van der Waals surface area contributed by atoms with Crippen LogP contribution in [0.1, 0.15) is 36.5 Å². The van der Waals surface area contributed by atoms with Gasteiger partial charge < -0.3 is 15.7 Å². The van der Waals surface area contributed by atoms with Gasteiger partial charge in [0.05, 0.1) is 21.3 Å². The van der Waals surface area contributed by atoms with Crippen LogP contribution in [0.3, 0.4) is 0 Å². The molecule has 0 bridgehead atoms. The van der Waals surface area contributed by atoms with Crippen molar-refractivity contribution in [1.82, 2.24) is 5.32 Å². The van der Waals surface area contributed by atoms with E-state index in [0.717, 1.165) is 6.42 Å². The predicted octanol–water partition coefficient (Wildman–Crippen LogP) is 4.00. The molecular weight excluding hydrogens is 315 g/mol. The molecule has 1 fully saturated rings. The van der Waals surface area contributed by atoms with Crippen LogP contribution in [-0.2, 0) is 0 Å². The number of hydrogen-bond acceptors (Lipinski definition) is 2. The third-order valence-electron chi connectivity index (χ3n) is 3.29. The van der Waals surface area contributed by atoms with Crippen LogP contribution in [0, 0.1) is 5.92 Å². The van der Waals surface area contributed by atoms with Crippen LogP contribution in [-0.4, -0.2) is 23.1 Å². The van der Waals surface area contributed by atoms with Gasteiger partial charge in [0, 0.05) is 6.04 Å². The molecule has 1 aromatic rings. The van der Waals surface area contributed by atoms with Crippen molar-refractivity contribution in [3.8, 4) is 0 Å². The van der Waals surface area contributed by atoms with Gasteiger partial charge in [-0.15, -0.1) is 0 Å². The minimum absolute atomic E-state index is 0.0296. The van der Waals surface area contributed by atoms with Crippen LogP contribution in [0.5, 0.6) is 0 Å². The van der Waals surface area contributed by atoms with E-state index < -0.39 is 12.0 Å². The highest BCUT2D eigenvalue weighted by Crippen LogP contribution is 2.34. The summed E-state index contributed by atoms with van der Waals surface area (Å²) in [6.07, 6.45) is 3.40. The van der Waals surface area contributed by atoms with Crippen LogP contribution in [0.4, 0.5) is 10.5 Å². The highest BCUT2D eigenvalue weighted by Gasteiger charge is 2.24. The Morgan fingerprint density at radius 3 is 2.38 bits per heavy atom. The highest BCUT2D eigenvalue weighted by molar-refractivity contribution is 6.40. The lowest BCUT2D eigenvalue weighted by Crippen LogP contribution is -2.36. The summed E-state index contributed by atoms with van der Waals surface area (Å²) in [4.78, 5) is 22.8. The highest BCUT2D eigenvalue weighted by atomic mass is 35.5. The molecule has 1 unspecified atom stereocenters. The maximum absolute atomic E-state index is 11.9. The number of nitrogens with one attached hydrogen (secondary N) is 2. The molecule has 0 saturated heterocycles. The second-order valence-electron chi connectivity index (χ2n) is 5.30. The van der Waals surface area contributed by atoms with Crippen molar-refractivity contribution in [2.75, 3.05) is 5.32 Å². The molecule has 7 heteroatoms. The summed E-state index contributed by atoms with van der Waals surface area (Å²) in [6.45, 7) is 1.94. The average Bonchev–Trinajstić information content (AvgIpc) is 3.16. The number of carboxylic acids is 1. The summed E-state index contributed by atoms with van der Waals surface area (Å²) in [5.41, 5.74) is 0.178. The van der Waals surface area contributed by atoms with Crippen molar-refractivity contribution in [2.24, 2.45) is 5.92 Å². The molecule has 2 rings (SSSR count). The second kappa shape index (κ2) is 6.54. The smallest absolute Gasteiger partial charge is 0.335 e. The van der Waals surface area contributed by atoms with Gasteiger partial charge in [-0.25, -0.2) is 9.59 Å². The average molecular weight is 331 g/mol. The maximum atomic E-state index is 11.9. The molecule has 1 aromatic carbocycles. The Balaban J connectivity index is 2.01. The SMILES string of the molecule is CC(CC1CC1)NC(=O)Nc1c(Cl)cc(C(=O)O)cc1Cl. The molecule has 1 aliphatic carbocycles. The Bertz CT molecular complexity index is 550. The number of amides is 2. The Labute approximate surface area is 132 Å². The molecule has 0 spiro atoms. The van der Waals surface area contributed by atoms with Gasteiger partial charge in [-0.3, -0.25) is 0 Å². The monoisotopic (exact) mass is 330 g/mol. The summed E-state index contributed by atoms with van der Waals surface area (Å²) in [7, 11) is 0. The minimum Gasteiger partial charge on any atom is -0.478 e. The Kier molecular flexibility index (Phi) is 4.96. The summed E-state index contributed by atoms with van der Waals surface area (Å²) < 4.78 is 0. The molecule has 1 saturated carbocycles. The third kappa shape index (κ3) is 4.51. The number of carbonyl (C=O) groups excluding carboxylic acids is 1. The van der Waals surface area contributed by atoms with E-state index in [-0.39, 0.29) is 27.3 Å². The van der Waals surface area contributed by atoms with Crippen molar-refractivity contribution in [1.29, 1.82) is 0 Å². The standard InChI is InChI=1S/C14H16Cl2N2O3/c1-7(4-8-2-3-8)17-14(21)18-12-10(15)5-9(13(19)20)6-11(12)16/h5-8H,2-4H2,1H3,(H,19,20)(H2,17,18,21). The fourth-order valence-electron chi connectivity index (χ4n) is 2.10. The fourth-order valence-corrected chi connectivity index (χ4v) is 2.68. The Morgan fingerprint density at radius 1 is 1.33 bits per heavy atom. The van der Waals surface area contributed by atoms with Crippen molar-refractivity contribution in [3.63, 3.8) is 0 Å². The predicted molar refractivity (Wildman–Crippen MR) is 82.4 cm³/mol. The van der Waals surface area contributed by atoms with E-state index in [2.05, 4.69) is 10.6 Å². The first kappa shape index (κ1) is 15.9. The molecule has 3 N–H and O–H groups in total. The molecular formula is C14H16Cl2N2O3. The van der Waals surface area contributed by atoms with Crippen molar-refractivity contribution < 1.29 is 14.7 Å². The van der Waals surface area contributed by atoms with Crippen LogP contribution >= 0.6 is 23.2 Å². The van der Waals surface area contributed by atoms with E-state index in [1.807, 2.05) is 6.92 Å². The van der Waals surface area contributed by atoms with E-state index in [0.29, 0.717) is 5.92 Å². The molecule has 21 heavy (non-hydrogen) atoms. The third-order valence-corrected chi connectivity index (χ3v) is 3.89. The number of hydrogen-bond donors (Lipinski definition) is 3. The van der Waals surface area contributed by atoms with Gasteiger partial charge in [0.25, 0.3) is 0 Å². The normalized spacial score (nSPS) is 15.4. The van der Waals surface area contributed by atoms with Crippen LogP contribution < -0.4 is 10.6 Å². The number of carboxylic acid groups (broad SMARTS) is 1. The van der Waals surface area contributed by atoms with Crippen molar-refractivity contribution in [2.45, 2.75) is 32.2 Å². The summed E-state index contributed by atoms with van der Waals surface area (Å²) in [6, 6.07) is 2.15. The topological polar surface area (TPSA) is 78.4 Å². The van der Waals surface area contributed by atoms with E-state index in [1.165, 1.54) is 25.0 Å². The maximum Gasteiger partial charge on any atom is 0.335 e. The van der Waals surface area contributed by atoms with Gasteiger partial charge in [0.15, 0.2) is 0 Å². The molecule has 0 aliphatic heterocycles. The molecule has 1 aliphatic rings. The van der Waals surface area contributed by atoms with E-state index in [1.54, 1.807) is 0 Å². The lowest BCUT2D eigenvalue weighted by Gasteiger charge is -2.15. The van der Waals surface area contributed by atoms with Gasteiger partial charge in [-0.1, -0.05) is 36.0 Å². The number of rotatable bonds is 5. The van der Waals surface area contributed by atoms with Gasteiger partial charge in [-0.05, 0) is 31.4 Å². The summed E-state index contributed by atoms with van der Waals surface area (Å²) in [5.74, 6) is -0.421. The summed E-state index contributed by atoms with van der Waals surface area (Å²) >= 11 is 11.9. The van der Waals surface area contributed by atoms with Gasteiger partial charge in [0.1, 0.15) is 0 Å². The molecule has 0 radical (unpaired) electrons. The van der Waals surface area contributed by atoms with Crippen molar-refractivity contribution >= 4 is 40.9 Å². The lowest BCUT2D eigenvalue weighted by molar-refractivity contribution is 0.0697. The zero-order chi connectivity index (χ0) is 15.6. The fraction of sp³-hybridized carbons (Fsp3) is 0.429. The minimum atomic E-state index is -1.13. The largest absolute Gasteiger partial charge is 0.478 e. The summed E-state index contributed by atoms with van der Waals surface area (Å²) in [5, 5.41) is 14.4. The molecule has 0 aromatic heterocycles. The molecule has 0 heterocycles. The van der Waals surface area contributed by atoms with Gasteiger partial charge >= 0.3 is 12.0 Å². The van der Waals surface area contributed by atoms with Crippen LogP contribution in [0.25, 0.3) is 0 Å². The number of urea groups is 1. The van der Waals surface area contributed by atoms with Crippen molar-refractivity contribution in [3.05, 3.63) is 27.7 Å².